The average molecular weight is 487 g/mol. The van der Waals surface area contributed by atoms with Crippen molar-refractivity contribution in [3.63, 3.8) is 0 Å². The largest absolute Gasteiger partial charge is 0.463 e. The van der Waals surface area contributed by atoms with Crippen LogP contribution in [0.4, 0.5) is 9.18 Å². The maximum atomic E-state index is 13.4. The van der Waals surface area contributed by atoms with Crippen LogP contribution >= 0.6 is 23.2 Å². The van der Waals surface area contributed by atoms with Gasteiger partial charge in [0, 0.05) is 10.7 Å². The van der Waals surface area contributed by atoms with Crippen molar-refractivity contribution in [1.29, 1.82) is 0 Å². The molecule has 0 spiro atoms. The molecule has 0 saturated carbocycles. The van der Waals surface area contributed by atoms with E-state index in [-0.39, 0.29) is 27.8 Å². The molecule has 0 saturated heterocycles. The first-order chi connectivity index (χ1) is 14.6. The summed E-state index contributed by atoms with van der Waals surface area (Å²) >= 11 is 11.7. The zero-order valence-corrected chi connectivity index (χ0v) is 18.4. The van der Waals surface area contributed by atoms with Crippen molar-refractivity contribution in [2.45, 2.75) is 17.9 Å². The quantitative estimate of drug-likeness (QED) is 0.477. The Bertz CT molecular complexity index is 1180. The van der Waals surface area contributed by atoms with Crippen LogP contribution in [0.3, 0.4) is 0 Å². The summed E-state index contributed by atoms with van der Waals surface area (Å²) < 4.78 is 44.4. The lowest BCUT2D eigenvalue weighted by atomic mass is 9.95. The molecule has 31 heavy (non-hydrogen) atoms. The SMILES string of the molecule is CCOC(=O)C1=C(CS(=O)(=O)c2ccc(F)c(Cl)c2)NC(=O)NC1c1cccc(Cl)c1. The van der Waals surface area contributed by atoms with Gasteiger partial charge in [0.2, 0.25) is 0 Å². The molecule has 0 aromatic heterocycles. The fourth-order valence-corrected chi connectivity index (χ4v) is 4.85. The smallest absolute Gasteiger partial charge is 0.338 e. The van der Waals surface area contributed by atoms with Gasteiger partial charge in [0.1, 0.15) is 5.82 Å². The molecule has 1 aliphatic rings. The highest BCUT2D eigenvalue weighted by Crippen LogP contribution is 2.31. The van der Waals surface area contributed by atoms with Crippen LogP contribution < -0.4 is 10.6 Å². The third-order valence-electron chi connectivity index (χ3n) is 4.42. The lowest BCUT2D eigenvalue weighted by Gasteiger charge is -2.29. The third-order valence-corrected chi connectivity index (χ3v) is 6.58. The molecule has 7 nitrogen and oxygen atoms in total. The molecule has 1 heterocycles. The molecule has 1 atom stereocenters. The molecule has 0 bridgehead atoms. The molecular formula is C20H17Cl2FN2O5S. The zero-order chi connectivity index (χ0) is 22.8. The van der Waals surface area contributed by atoms with E-state index in [1.54, 1.807) is 31.2 Å². The van der Waals surface area contributed by atoms with Crippen LogP contribution in [-0.4, -0.2) is 32.8 Å². The zero-order valence-electron chi connectivity index (χ0n) is 16.1. The van der Waals surface area contributed by atoms with Crippen molar-refractivity contribution in [3.8, 4) is 0 Å². The Balaban J connectivity index is 2.11. The van der Waals surface area contributed by atoms with E-state index in [2.05, 4.69) is 10.6 Å². The van der Waals surface area contributed by atoms with E-state index in [9.17, 15) is 22.4 Å². The van der Waals surface area contributed by atoms with E-state index in [0.717, 1.165) is 18.2 Å². The van der Waals surface area contributed by atoms with E-state index >= 15 is 0 Å². The highest BCUT2D eigenvalue weighted by molar-refractivity contribution is 7.91. The van der Waals surface area contributed by atoms with Crippen LogP contribution in [0.5, 0.6) is 0 Å². The van der Waals surface area contributed by atoms with E-state index in [1.165, 1.54) is 0 Å². The second-order valence-electron chi connectivity index (χ2n) is 6.53. The van der Waals surface area contributed by atoms with Gasteiger partial charge in [-0.2, -0.15) is 0 Å². The number of ether oxygens (including phenoxy) is 1. The third kappa shape index (κ3) is 5.17. The average Bonchev–Trinajstić information content (AvgIpc) is 2.69. The second-order valence-corrected chi connectivity index (χ2v) is 9.37. The molecule has 3 rings (SSSR count). The number of esters is 1. The predicted molar refractivity (Wildman–Crippen MR) is 113 cm³/mol. The normalized spacial score (nSPS) is 16.5. The summed E-state index contributed by atoms with van der Waals surface area (Å²) in [5.74, 6) is -2.32. The lowest BCUT2D eigenvalue weighted by molar-refractivity contribution is -0.139. The van der Waals surface area contributed by atoms with Gasteiger partial charge in [0.15, 0.2) is 9.84 Å². The van der Waals surface area contributed by atoms with Gasteiger partial charge in [-0.15, -0.1) is 0 Å². The summed E-state index contributed by atoms with van der Waals surface area (Å²) in [6.45, 7) is 1.63. The highest BCUT2D eigenvalue weighted by Gasteiger charge is 2.36. The fraction of sp³-hybridized carbons (Fsp3) is 0.200. The molecule has 2 N–H and O–H groups in total. The Hall–Kier alpha value is -2.62. The van der Waals surface area contributed by atoms with Gasteiger partial charge in [-0.05, 0) is 42.8 Å². The number of carbonyl (C=O) groups is 2. The fourth-order valence-electron chi connectivity index (χ4n) is 3.06. The number of amides is 2. The molecule has 0 radical (unpaired) electrons. The summed E-state index contributed by atoms with van der Waals surface area (Å²) in [5, 5.41) is 4.97. The Morgan fingerprint density at radius 3 is 2.58 bits per heavy atom. The Morgan fingerprint density at radius 1 is 1.19 bits per heavy atom. The van der Waals surface area contributed by atoms with Crippen LogP contribution in [0.15, 0.2) is 58.6 Å². The summed E-state index contributed by atoms with van der Waals surface area (Å²) in [5.41, 5.74) is 0.221. The number of hydrogen-bond acceptors (Lipinski definition) is 5. The summed E-state index contributed by atoms with van der Waals surface area (Å²) in [7, 11) is -4.10. The first-order valence-corrected chi connectivity index (χ1v) is 11.4. The van der Waals surface area contributed by atoms with E-state index in [4.69, 9.17) is 27.9 Å². The van der Waals surface area contributed by atoms with Gasteiger partial charge in [-0.25, -0.2) is 22.4 Å². The van der Waals surface area contributed by atoms with Crippen LogP contribution in [0.1, 0.15) is 18.5 Å². The van der Waals surface area contributed by atoms with Gasteiger partial charge in [0.25, 0.3) is 0 Å². The van der Waals surface area contributed by atoms with Crippen LogP contribution in [0.2, 0.25) is 10.0 Å². The van der Waals surface area contributed by atoms with E-state index in [0.29, 0.717) is 10.6 Å². The summed E-state index contributed by atoms with van der Waals surface area (Å²) in [4.78, 5) is 24.8. The maximum absolute atomic E-state index is 13.4. The molecular weight excluding hydrogens is 470 g/mol. The molecule has 164 valence electrons. The van der Waals surface area contributed by atoms with Gasteiger partial charge in [-0.3, -0.25) is 0 Å². The van der Waals surface area contributed by atoms with Crippen molar-refractivity contribution < 1.29 is 27.1 Å². The molecule has 1 unspecified atom stereocenters. The van der Waals surface area contributed by atoms with Gasteiger partial charge in [-0.1, -0.05) is 35.3 Å². The molecule has 0 aliphatic carbocycles. The molecule has 2 amide bonds. The van der Waals surface area contributed by atoms with Gasteiger partial charge < -0.3 is 15.4 Å². The minimum absolute atomic E-state index is 0.0339. The number of hydrogen-bond donors (Lipinski definition) is 2. The summed E-state index contributed by atoms with van der Waals surface area (Å²) in [6, 6.07) is 7.67. The topological polar surface area (TPSA) is 102 Å². The van der Waals surface area contributed by atoms with Crippen molar-refractivity contribution in [2.24, 2.45) is 0 Å². The number of urea groups is 1. The Morgan fingerprint density at radius 2 is 1.94 bits per heavy atom. The van der Waals surface area contributed by atoms with Crippen LogP contribution in [-0.2, 0) is 19.4 Å². The molecule has 2 aromatic rings. The van der Waals surface area contributed by atoms with Gasteiger partial charge in [0.05, 0.1) is 33.9 Å². The summed E-state index contributed by atoms with van der Waals surface area (Å²) in [6.07, 6.45) is 0. The number of rotatable bonds is 6. The second kappa shape index (κ2) is 9.25. The number of halogens is 3. The number of benzene rings is 2. The number of nitrogens with one attached hydrogen (secondary N) is 2. The lowest BCUT2D eigenvalue weighted by Crippen LogP contribution is -2.47. The first kappa shape index (κ1) is 23.1. The van der Waals surface area contributed by atoms with Crippen molar-refractivity contribution in [2.75, 3.05) is 12.4 Å². The molecule has 0 fully saturated rings. The van der Waals surface area contributed by atoms with Crippen LogP contribution in [0, 0.1) is 5.82 Å². The Labute approximate surface area is 188 Å². The highest BCUT2D eigenvalue weighted by atomic mass is 35.5. The number of carbonyl (C=O) groups excluding carboxylic acids is 2. The van der Waals surface area contributed by atoms with Crippen molar-refractivity contribution in [3.05, 3.63) is 75.2 Å². The monoisotopic (exact) mass is 486 g/mol. The van der Waals surface area contributed by atoms with Gasteiger partial charge >= 0.3 is 12.0 Å². The minimum Gasteiger partial charge on any atom is -0.463 e. The number of sulfone groups is 1. The first-order valence-electron chi connectivity index (χ1n) is 9.03. The van der Waals surface area contributed by atoms with Crippen LogP contribution in [0.25, 0.3) is 0 Å². The van der Waals surface area contributed by atoms with E-state index in [1.807, 2.05) is 0 Å². The van der Waals surface area contributed by atoms with E-state index < -0.39 is 39.4 Å². The molecule has 2 aromatic carbocycles. The molecule has 1 aliphatic heterocycles. The van der Waals surface area contributed by atoms with Crippen molar-refractivity contribution >= 4 is 45.0 Å². The minimum atomic E-state index is -4.10. The van der Waals surface area contributed by atoms with Crippen molar-refractivity contribution in [1.82, 2.24) is 10.6 Å². The predicted octanol–water partition coefficient (Wildman–Crippen LogP) is 3.78. The maximum Gasteiger partial charge on any atom is 0.338 e. The Kier molecular flexibility index (Phi) is 6.88. The standard InChI is InChI=1S/C20H17Cl2FN2O5S/c1-2-30-19(26)17-16(10-31(28,29)13-6-7-15(23)14(22)9-13)24-20(27)25-18(17)11-4-3-5-12(21)8-11/h3-9,18H,2,10H2,1H3,(H2,24,25,27). The molecule has 11 heteroatoms.